The molecule has 0 atom stereocenters. The lowest BCUT2D eigenvalue weighted by molar-refractivity contribution is -0.120. The van der Waals surface area contributed by atoms with Crippen LogP contribution in [-0.4, -0.2) is 20.6 Å². The van der Waals surface area contributed by atoms with Gasteiger partial charge in [0.15, 0.2) is 0 Å². The molecule has 1 aromatic rings. The topological polar surface area (TPSA) is 89.3 Å². The molecular weight excluding hydrogens is 259 g/mol. The summed E-state index contributed by atoms with van der Waals surface area (Å²) in [5.41, 5.74) is 4.86. The molecule has 2 rings (SSSR count). The normalized spacial score (nSPS) is 17.2. The van der Waals surface area contributed by atoms with Crippen molar-refractivity contribution in [2.75, 3.05) is 11.0 Å². The van der Waals surface area contributed by atoms with Crippen LogP contribution in [0.25, 0.3) is 0 Å². The van der Waals surface area contributed by atoms with E-state index in [-0.39, 0.29) is 5.69 Å². The maximum atomic E-state index is 13.7. The minimum atomic E-state index is -3.53. The first-order valence-electron chi connectivity index (χ1n) is 5.32. The second kappa shape index (κ2) is 3.94. The fraction of sp³-hybridized carbons (Fsp3) is 0.364. The zero-order valence-corrected chi connectivity index (χ0v) is 10.6. The number of rotatable bonds is 4. The summed E-state index contributed by atoms with van der Waals surface area (Å²) < 4.78 is 37.8. The van der Waals surface area contributed by atoms with Crippen LogP contribution in [0.1, 0.15) is 18.4 Å². The smallest absolute Gasteiger partial charge is 0.229 e. The van der Waals surface area contributed by atoms with Crippen LogP contribution >= 0.6 is 0 Å². The number of benzene rings is 1. The SMILES string of the molecule is CS(=O)(=O)Nc1ccc(C2(C(N)=O)CC2)cc1F. The van der Waals surface area contributed by atoms with Gasteiger partial charge >= 0.3 is 0 Å². The number of hydrogen-bond donors (Lipinski definition) is 2. The molecule has 1 aromatic carbocycles. The van der Waals surface area contributed by atoms with E-state index in [9.17, 15) is 17.6 Å². The summed E-state index contributed by atoms with van der Waals surface area (Å²) in [7, 11) is -3.53. The lowest BCUT2D eigenvalue weighted by atomic mass is 9.95. The van der Waals surface area contributed by atoms with E-state index in [4.69, 9.17) is 5.73 Å². The minimum absolute atomic E-state index is 0.137. The molecule has 18 heavy (non-hydrogen) atoms. The number of nitrogens with two attached hydrogens (primary N) is 1. The Kier molecular flexibility index (Phi) is 2.81. The molecule has 7 heteroatoms. The summed E-state index contributed by atoms with van der Waals surface area (Å²) in [6, 6.07) is 3.98. The predicted octanol–water partition coefficient (Wildman–Crippen LogP) is 0.714. The summed E-state index contributed by atoms with van der Waals surface area (Å²) in [5, 5.41) is 0. The molecular formula is C11H13FN2O3S. The van der Waals surface area contributed by atoms with E-state index in [2.05, 4.69) is 4.72 Å². The average Bonchev–Trinajstić information content (AvgIpc) is 3.00. The second-order valence-corrected chi connectivity index (χ2v) is 6.26. The monoisotopic (exact) mass is 272 g/mol. The van der Waals surface area contributed by atoms with Gasteiger partial charge in [0.1, 0.15) is 5.82 Å². The first kappa shape index (κ1) is 12.8. The highest BCUT2D eigenvalue weighted by Crippen LogP contribution is 2.48. The fourth-order valence-corrected chi connectivity index (χ4v) is 2.46. The molecule has 0 aromatic heterocycles. The Bertz CT molecular complexity index is 609. The molecule has 1 fully saturated rings. The maximum absolute atomic E-state index is 13.7. The minimum Gasteiger partial charge on any atom is -0.369 e. The number of primary amides is 1. The van der Waals surface area contributed by atoms with Gasteiger partial charge in [0.2, 0.25) is 15.9 Å². The Labute approximate surface area is 104 Å². The number of carbonyl (C=O) groups is 1. The zero-order valence-electron chi connectivity index (χ0n) is 9.73. The second-order valence-electron chi connectivity index (χ2n) is 4.52. The van der Waals surface area contributed by atoms with Crippen LogP contribution in [0.2, 0.25) is 0 Å². The van der Waals surface area contributed by atoms with Gasteiger partial charge in [0.25, 0.3) is 0 Å². The number of carbonyl (C=O) groups excluding carboxylic acids is 1. The first-order valence-corrected chi connectivity index (χ1v) is 7.21. The predicted molar refractivity (Wildman–Crippen MR) is 65.0 cm³/mol. The quantitative estimate of drug-likeness (QED) is 0.846. The number of halogens is 1. The lowest BCUT2D eigenvalue weighted by Crippen LogP contribution is -2.28. The summed E-state index contributed by atoms with van der Waals surface area (Å²) in [6.45, 7) is 0. The Hall–Kier alpha value is -1.63. The Morgan fingerprint density at radius 1 is 1.44 bits per heavy atom. The van der Waals surface area contributed by atoms with Crippen LogP contribution in [0.15, 0.2) is 18.2 Å². The van der Waals surface area contributed by atoms with Gasteiger partial charge in [-0.3, -0.25) is 9.52 Å². The third-order valence-corrected chi connectivity index (χ3v) is 3.63. The van der Waals surface area contributed by atoms with Gasteiger partial charge in [-0.1, -0.05) is 6.07 Å². The number of sulfonamides is 1. The summed E-state index contributed by atoms with van der Waals surface area (Å²) in [6.07, 6.45) is 2.13. The summed E-state index contributed by atoms with van der Waals surface area (Å²) in [5.74, 6) is -1.20. The van der Waals surface area contributed by atoms with Gasteiger partial charge in [-0.25, -0.2) is 12.8 Å². The van der Waals surface area contributed by atoms with Gasteiger partial charge < -0.3 is 5.73 Å². The van der Waals surface area contributed by atoms with Crippen molar-refractivity contribution < 1.29 is 17.6 Å². The van der Waals surface area contributed by atoms with Crippen LogP contribution in [-0.2, 0) is 20.2 Å². The van der Waals surface area contributed by atoms with Crippen LogP contribution in [0.4, 0.5) is 10.1 Å². The highest BCUT2D eigenvalue weighted by Gasteiger charge is 2.50. The van der Waals surface area contributed by atoms with Gasteiger partial charge in [-0.15, -0.1) is 0 Å². The molecule has 0 bridgehead atoms. The molecule has 0 heterocycles. The fourth-order valence-electron chi connectivity index (χ4n) is 1.90. The third-order valence-electron chi connectivity index (χ3n) is 3.04. The van der Waals surface area contributed by atoms with Crippen LogP contribution in [0.5, 0.6) is 0 Å². The van der Waals surface area contributed by atoms with E-state index < -0.39 is 27.2 Å². The van der Waals surface area contributed by atoms with Crippen molar-refractivity contribution in [1.82, 2.24) is 0 Å². The van der Waals surface area contributed by atoms with Gasteiger partial charge in [0.05, 0.1) is 17.4 Å². The van der Waals surface area contributed by atoms with E-state index in [1.54, 1.807) is 0 Å². The van der Waals surface area contributed by atoms with Gasteiger partial charge in [-0.05, 0) is 30.5 Å². The lowest BCUT2D eigenvalue weighted by Gasteiger charge is -2.13. The van der Waals surface area contributed by atoms with Crippen LogP contribution in [0, 0.1) is 5.82 Å². The molecule has 1 amide bonds. The van der Waals surface area contributed by atoms with Gasteiger partial charge in [-0.2, -0.15) is 0 Å². The molecule has 1 saturated carbocycles. The molecule has 0 unspecified atom stereocenters. The molecule has 3 N–H and O–H groups in total. The maximum Gasteiger partial charge on any atom is 0.229 e. The number of anilines is 1. The van der Waals surface area contributed by atoms with Crippen LogP contribution < -0.4 is 10.5 Å². The van der Waals surface area contributed by atoms with Crippen molar-refractivity contribution in [2.45, 2.75) is 18.3 Å². The molecule has 1 aliphatic carbocycles. The van der Waals surface area contributed by atoms with Crippen molar-refractivity contribution in [3.05, 3.63) is 29.6 Å². The van der Waals surface area contributed by atoms with Crippen molar-refractivity contribution in [3.63, 3.8) is 0 Å². The number of amides is 1. The molecule has 0 saturated heterocycles. The largest absolute Gasteiger partial charge is 0.369 e. The molecule has 1 aliphatic rings. The van der Waals surface area contributed by atoms with Crippen LogP contribution in [0.3, 0.4) is 0 Å². The Morgan fingerprint density at radius 2 is 2.06 bits per heavy atom. The van der Waals surface area contributed by atoms with E-state index in [0.717, 1.165) is 12.3 Å². The van der Waals surface area contributed by atoms with E-state index >= 15 is 0 Å². The highest BCUT2D eigenvalue weighted by atomic mass is 32.2. The zero-order chi connectivity index (χ0) is 13.6. The molecule has 98 valence electrons. The molecule has 0 radical (unpaired) electrons. The summed E-state index contributed by atoms with van der Waals surface area (Å²) >= 11 is 0. The Morgan fingerprint density at radius 3 is 2.44 bits per heavy atom. The Balaban J connectivity index is 2.34. The average molecular weight is 272 g/mol. The standard InChI is InChI=1S/C11H13FN2O3S/c1-18(16,17)14-9-3-2-7(6-8(9)12)11(4-5-11)10(13)15/h2-3,6,14H,4-5H2,1H3,(H2,13,15). The molecule has 5 nitrogen and oxygen atoms in total. The third kappa shape index (κ3) is 2.31. The molecule has 0 aliphatic heterocycles. The van der Waals surface area contributed by atoms with E-state index in [1.807, 2.05) is 0 Å². The van der Waals surface area contributed by atoms with Crippen molar-refractivity contribution in [1.29, 1.82) is 0 Å². The first-order chi connectivity index (χ1) is 8.24. The number of nitrogens with one attached hydrogen (secondary N) is 1. The highest BCUT2D eigenvalue weighted by molar-refractivity contribution is 7.92. The van der Waals surface area contributed by atoms with Crippen molar-refractivity contribution in [2.24, 2.45) is 5.73 Å². The van der Waals surface area contributed by atoms with Crippen molar-refractivity contribution in [3.8, 4) is 0 Å². The van der Waals surface area contributed by atoms with E-state index in [0.29, 0.717) is 18.4 Å². The van der Waals surface area contributed by atoms with Crippen molar-refractivity contribution >= 4 is 21.6 Å². The molecule has 0 spiro atoms. The summed E-state index contributed by atoms with van der Waals surface area (Å²) in [4.78, 5) is 11.3. The van der Waals surface area contributed by atoms with E-state index in [1.165, 1.54) is 12.1 Å². The number of hydrogen-bond acceptors (Lipinski definition) is 3. The van der Waals surface area contributed by atoms with Gasteiger partial charge in [0, 0.05) is 0 Å².